The molecule has 31 heavy (non-hydrogen) atoms. The van der Waals surface area contributed by atoms with Gasteiger partial charge >= 0.3 is 0 Å². The van der Waals surface area contributed by atoms with Gasteiger partial charge in [0.15, 0.2) is 0 Å². The molecule has 0 saturated carbocycles. The summed E-state index contributed by atoms with van der Waals surface area (Å²) in [6.45, 7) is -0.391. The van der Waals surface area contributed by atoms with E-state index < -0.39 is 6.10 Å². The van der Waals surface area contributed by atoms with Crippen molar-refractivity contribution in [2.75, 3.05) is 18.9 Å². The Labute approximate surface area is 182 Å². The lowest BCUT2D eigenvalue weighted by Gasteiger charge is -2.18. The molecule has 4 N–H and O–H groups in total. The van der Waals surface area contributed by atoms with Crippen LogP contribution in [0.5, 0.6) is 0 Å². The van der Waals surface area contributed by atoms with Crippen molar-refractivity contribution in [2.45, 2.75) is 12.8 Å². The lowest BCUT2D eigenvalue weighted by atomic mass is 9.99. The summed E-state index contributed by atoms with van der Waals surface area (Å²) in [5.41, 5.74) is 13.1. The van der Waals surface area contributed by atoms with E-state index >= 15 is 0 Å². The third-order valence-electron chi connectivity index (χ3n) is 5.30. The van der Waals surface area contributed by atoms with Gasteiger partial charge in [-0.1, -0.05) is 91.0 Å². The highest BCUT2D eigenvalue weighted by Gasteiger charge is 2.25. The number of nitrogens with two attached hydrogens (primary N) is 1. The van der Waals surface area contributed by atoms with Crippen LogP contribution >= 0.6 is 0 Å². The van der Waals surface area contributed by atoms with Gasteiger partial charge in [0.1, 0.15) is 12.8 Å². The molecule has 0 unspecified atom stereocenters. The van der Waals surface area contributed by atoms with Gasteiger partial charge < -0.3 is 25.3 Å². The molecule has 158 valence electrons. The lowest BCUT2D eigenvalue weighted by molar-refractivity contribution is -0.0487. The fourth-order valence-electron chi connectivity index (χ4n) is 3.81. The maximum absolute atomic E-state index is 9.50. The number of nitrogens with zero attached hydrogens (tertiary/aromatic N) is 1. The number of aliphatic hydroxyl groups is 2. The summed E-state index contributed by atoms with van der Waals surface area (Å²) >= 11 is 0. The molecule has 0 aliphatic rings. The Morgan fingerprint density at radius 2 is 1.13 bits per heavy atom. The Balaban J connectivity index is 1.99. The number of nitrogen functional groups attached to an aromatic ring is 1. The number of benzene rings is 3. The van der Waals surface area contributed by atoms with Crippen LogP contribution in [-0.4, -0.2) is 34.1 Å². The van der Waals surface area contributed by atoms with Crippen molar-refractivity contribution in [3.63, 3.8) is 0 Å². The van der Waals surface area contributed by atoms with Gasteiger partial charge in [0.25, 0.3) is 0 Å². The van der Waals surface area contributed by atoms with E-state index in [9.17, 15) is 10.2 Å². The fourth-order valence-corrected chi connectivity index (χ4v) is 3.81. The first-order chi connectivity index (χ1) is 15.2. The molecule has 4 rings (SSSR count). The molecule has 0 aliphatic carbocycles. The normalized spacial score (nSPS) is 11.2. The van der Waals surface area contributed by atoms with Crippen LogP contribution < -0.4 is 5.73 Å². The van der Waals surface area contributed by atoms with Gasteiger partial charge in [0.05, 0.1) is 30.3 Å². The summed E-state index contributed by atoms with van der Waals surface area (Å²) in [4.78, 5) is 0. The number of anilines is 1. The van der Waals surface area contributed by atoms with Crippen LogP contribution in [0, 0.1) is 0 Å². The predicted octanol–water partition coefficient (Wildman–Crippen LogP) is 4.40. The number of ether oxygens (including phenoxy) is 1. The van der Waals surface area contributed by atoms with Gasteiger partial charge in [-0.2, -0.15) is 0 Å². The number of hydrogen-bond acceptors (Lipinski definition) is 4. The Kier molecular flexibility index (Phi) is 6.48. The molecule has 0 radical (unpaired) electrons. The highest BCUT2D eigenvalue weighted by Crippen LogP contribution is 2.45. The van der Waals surface area contributed by atoms with Crippen molar-refractivity contribution >= 4 is 5.69 Å². The Morgan fingerprint density at radius 1 is 0.677 bits per heavy atom. The molecule has 0 saturated heterocycles. The number of aliphatic hydroxyl groups excluding tert-OH is 2. The highest BCUT2D eigenvalue weighted by atomic mass is 16.5. The van der Waals surface area contributed by atoms with Gasteiger partial charge in [-0.15, -0.1) is 0 Å². The largest absolute Gasteiger partial charge is 0.396 e. The number of hydrogen-bond donors (Lipinski definition) is 3. The quantitative estimate of drug-likeness (QED) is 0.399. The van der Waals surface area contributed by atoms with Crippen LogP contribution in [0.3, 0.4) is 0 Å². The first kappa shape index (κ1) is 20.9. The second-order valence-electron chi connectivity index (χ2n) is 7.29. The molecule has 0 atom stereocenters. The molecule has 4 aromatic rings. The maximum Gasteiger partial charge on any atom is 0.124 e. The summed E-state index contributed by atoms with van der Waals surface area (Å²) < 4.78 is 7.89. The lowest BCUT2D eigenvalue weighted by Crippen LogP contribution is -2.23. The molecule has 0 amide bonds. The van der Waals surface area contributed by atoms with E-state index in [1.54, 1.807) is 0 Å². The van der Waals surface area contributed by atoms with Crippen LogP contribution in [0.15, 0.2) is 91.0 Å². The Bertz CT molecular complexity index is 1110. The fraction of sp³-hybridized carbons (Fsp3) is 0.154. The van der Waals surface area contributed by atoms with Crippen LogP contribution in [-0.2, 0) is 11.5 Å². The van der Waals surface area contributed by atoms with Gasteiger partial charge in [-0.25, -0.2) is 0 Å². The molecule has 0 spiro atoms. The van der Waals surface area contributed by atoms with Gasteiger partial charge in [-0.05, 0) is 11.1 Å². The Morgan fingerprint density at radius 3 is 1.61 bits per heavy atom. The van der Waals surface area contributed by atoms with Crippen molar-refractivity contribution in [1.29, 1.82) is 0 Å². The summed E-state index contributed by atoms with van der Waals surface area (Å²) in [6.07, 6.45) is -0.670. The second-order valence-corrected chi connectivity index (χ2v) is 7.29. The van der Waals surface area contributed by atoms with Gasteiger partial charge in [0, 0.05) is 11.1 Å². The van der Waals surface area contributed by atoms with E-state index in [-0.39, 0.29) is 19.9 Å². The molecule has 5 nitrogen and oxygen atoms in total. The van der Waals surface area contributed by atoms with Crippen LogP contribution in [0.1, 0.15) is 0 Å². The van der Waals surface area contributed by atoms with Crippen molar-refractivity contribution in [2.24, 2.45) is 0 Å². The van der Waals surface area contributed by atoms with Crippen LogP contribution in [0.2, 0.25) is 0 Å². The first-order valence-corrected chi connectivity index (χ1v) is 10.3. The molecule has 3 aromatic carbocycles. The minimum Gasteiger partial charge on any atom is -0.396 e. The molecular weight excluding hydrogens is 388 g/mol. The summed E-state index contributed by atoms with van der Waals surface area (Å²) in [5, 5.41) is 19.0. The van der Waals surface area contributed by atoms with Crippen molar-refractivity contribution in [3.05, 3.63) is 91.0 Å². The van der Waals surface area contributed by atoms with Crippen LogP contribution in [0.4, 0.5) is 5.69 Å². The monoisotopic (exact) mass is 414 g/mol. The van der Waals surface area contributed by atoms with E-state index in [0.717, 1.165) is 33.6 Å². The molecule has 0 aliphatic heterocycles. The summed E-state index contributed by atoms with van der Waals surface area (Å²) in [5.74, 6) is 0. The summed E-state index contributed by atoms with van der Waals surface area (Å²) in [7, 11) is 0. The Hall–Kier alpha value is -3.38. The van der Waals surface area contributed by atoms with E-state index in [0.29, 0.717) is 5.69 Å². The first-order valence-electron chi connectivity index (χ1n) is 10.3. The van der Waals surface area contributed by atoms with Gasteiger partial charge in [-0.3, -0.25) is 0 Å². The SMILES string of the molecule is Nc1c(-c2ccccc2)c(-c2ccccc2)n(COC(CO)CO)c1-c1ccccc1. The second kappa shape index (κ2) is 9.62. The van der Waals surface area contributed by atoms with E-state index in [4.69, 9.17) is 10.5 Å². The van der Waals surface area contributed by atoms with Gasteiger partial charge in [0.2, 0.25) is 0 Å². The van der Waals surface area contributed by atoms with E-state index in [2.05, 4.69) is 0 Å². The molecule has 1 aromatic heterocycles. The molecule has 1 heterocycles. The summed E-state index contributed by atoms with van der Waals surface area (Å²) in [6, 6.07) is 30.0. The maximum atomic E-state index is 9.50. The van der Waals surface area contributed by atoms with E-state index in [1.807, 2.05) is 95.6 Å². The zero-order valence-corrected chi connectivity index (χ0v) is 17.2. The van der Waals surface area contributed by atoms with Crippen molar-refractivity contribution < 1.29 is 14.9 Å². The molecule has 0 fully saturated rings. The number of rotatable bonds is 8. The van der Waals surface area contributed by atoms with Crippen molar-refractivity contribution in [3.8, 4) is 33.6 Å². The highest BCUT2D eigenvalue weighted by molar-refractivity contribution is 5.98. The predicted molar refractivity (Wildman–Crippen MR) is 124 cm³/mol. The third kappa shape index (κ3) is 4.25. The zero-order chi connectivity index (χ0) is 21.6. The average molecular weight is 415 g/mol. The molecule has 5 heteroatoms. The zero-order valence-electron chi connectivity index (χ0n) is 17.2. The minimum absolute atomic E-state index is 0.136. The third-order valence-corrected chi connectivity index (χ3v) is 5.30. The smallest absolute Gasteiger partial charge is 0.124 e. The van der Waals surface area contributed by atoms with Crippen molar-refractivity contribution in [1.82, 2.24) is 4.57 Å². The molecular formula is C26H26N2O3. The van der Waals surface area contributed by atoms with Crippen LogP contribution in [0.25, 0.3) is 33.6 Å². The topological polar surface area (TPSA) is 80.6 Å². The minimum atomic E-state index is -0.670. The standard InChI is InChI=1S/C26H26N2O3/c27-24-23(19-10-4-1-5-11-19)25(20-12-6-2-7-13-20)28(18-31-22(16-29)17-30)26(24)21-14-8-3-9-15-21/h1-15,22,29-30H,16-18,27H2. The average Bonchev–Trinajstić information content (AvgIpc) is 3.13. The molecule has 0 bridgehead atoms. The number of aromatic nitrogens is 1. The van der Waals surface area contributed by atoms with E-state index in [1.165, 1.54) is 0 Å².